The van der Waals surface area contributed by atoms with Crippen LogP contribution in [0.5, 0.6) is 0 Å². The van der Waals surface area contributed by atoms with Crippen molar-refractivity contribution in [1.82, 2.24) is 14.9 Å². The number of nitrogens with zero attached hydrogens (tertiary/aromatic N) is 3. The number of nitrogen functional groups attached to an aromatic ring is 1. The maximum absolute atomic E-state index is 12.2. The highest BCUT2D eigenvalue weighted by Crippen LogP contribution is 2.11. The maximum Gasteiger partial charge on any atom is 0.305 e. The molecule has 0 aliphatic heterocycles. The number of carbonyl (C=O) groups is 2. The largest absolute Gasteiger partial charge is 0.481 e. The monoisotopic (exact) mass is 252 g/mol. The fraction of sp³-hybridized carbons (Fsp3) is 0.455. The van der Waals surface area contributed by atoms with Crippen molar-refractivity contribution in [1.29, 1.82) is 0 Å². The zero-order valence-corrected chi connectivity index (χ0v) is 10.3. The van der Waals surface area contributed by atoms with Crippen molar-refractivity contribution in [3.63, 3.8) is 0 Å². The third-order valence-electron chi connectivity index (χ3n) is 2.38. The molecular weight excluding hydrogens is 236 g/mol. The van der Waals surface area contributed by atoms with E-state index in [1.807, 2.05) is 0 Å². The van der Waals surface area contributed by atoms with Gasteiger partial charge in [-0.15, -0.1) is 0 Å². The number of anilines is 1. The molecule has 3 N–H and O–H groups in total. The van der Waals surface area contributed by atoms with Crippen molar-refractivity contribution in [2.45, 2.75) is 26.3 Å². The van der Waals surface area contributed by atoms with E-state index >= 15 is 0 Å². The lowest BCUT2D eigenvalue weighted by Gasteiger charge is -2.25. The average Bonchev–Trinajstić information content (AvgIpc) is 2.28. The number of rotatable bonds is 5. The predicted octanol–water partition coefficient (Wildman–Crippen LogP) is 0.384. The molecule has 1 amide bonds. The van der Waals surface area contributed by atoms with Crippen LogP contribution in [0.25, 0.3) is 0 Å². The van der Waals surface area contributed by atoms with Crippen LogP contribution in [0.2, 0.25) is 0 Å². The van der Waals surface area contributed by atoms with Crippen LogP contribution in [-0.4, -0.2) is 44.4 Å². The first-order chi connectivity index (χ1) is 8.43. The first kappa shape index (κ1) is 13.9. The number of carboxylic acid groups (broad SMARTS) is 1. The SMILES string of the molecule is CC(C)N(CCC(=O)O)C(=O)c1nccnc1N. The first-order valence-corrected chi connectivity index (χ1v) is 5.52. The van der Waals surface area contributed by atoms with Crippen molar-refractivity contribution in [2.75, 3.05) is 12.3 Å². The zero-order valence-electron chi connectivity index (χ0n) is 10.3. The Bertz CT molecular complexity index is 448. The van der Waals surface area contributed by atoms with Crippen LogP contribution in [0, 0.1) is 0 Å². The number of aliphatic carboxylic acids is 1. The number of aromatic nitrogens is 2. The lowest BCUT2D eigenvalue weighted by atomic mass is 10.2. The third kappa shape index (κ3) is 3.41. The molecule has 1 heterocycles. The molecule has 0 atom stereocenters. The molecule has 0 unspecified atom stereocenters. The highest BCUT2D eigenvalue weighted by atomic mass is 16.4. The molecule has 0 spiro atoms. The lowest BCUT2D eigenvalue weighted by Crippen LogP contribution is -2.39. The van der Waals surface area contributed by atoms with E-state index in [-0.39, 0.29) is 30.5 Å². The number of nitrogens with two attached hydrogens (primary N) is 1. The van der Waals surface area contributed by atoms with Gasteiger partial charge in [0.15, 0.2) is 11.5 Å². The highest BCUT2D eigenvalue weighted by Gasteiger charge is 2.22. The molecule has 7 nitrogen and oxygen atoms in total. The normalized spacial score (nSPS) is 10.4. The maximum atomic E-state index is 12.2. The van der Waals surface area contributed by atoms with E-state index in [0.29, 0.717) is 0 Å². The van der Waals surface area contributed by atoms with Crippen LogP contribution >= 0.6 is 0 Å². The van der Waals surface area contributed by atoms with Gasteiger partial charge < -0.3 is 15.7 Å². The van der Waals surface area contributed by atoms with Crippen molar-refractivity contribution < 1.29 is 14.7 Å². The van der Waals surface area contributed by atoms with Gasteiger partial charge in [-0.3, -0.25) is 9.59 Å². The van der Waals surface area contributed by atoms with Crippen molar-refractivity contribution in [2.24, 2.45) is 0 Å². The topological polar surface area (TPSA) is 109 Å². The Labute approximate surface area is 105 Å². The van der Waals surface area contributed by atoms with Crippen LogP contribution in [0.1, 0.15) is 30.8 Å². The molecule has 0 fully saturated rings. The fourth-order valence-electron chi connectivity index (χ4n) is 1.46. The summed E-state index contributed by atoms with van der Waals surface area (Å²) in [6.07, 6.45) is 2.65. The molecule has 98 valence electrons. The summed E-state index contributed by atoms with van der Waals surface area (Å²) in [5.74, 6) is -1.32. The zero-order chi connectivity index (χ0) is 13.7. The summed E-state index contributed by atoms with van der Waals surface area (Å²) in [6.45, 7) is 3.71. The molecule has 0 radical (unpaired) electrons. The molecule has 0 aliphatic rings. The van der Waals surface area contributed by atoms with Gasteiger partial charge in [-0.25, -0.2) is 9.97 Å². The van der Waals surface area contributed by atoms with Gasteiger partial charge >= 0.3 is 5.97 Å². The summed E-state index contributed by atoms with van der Waals surface area (Å²) in [4.78, 5) is 31.8. The Morgan fingerprint density at radius 2 is 2.00 bits per heavy atom. The quantitative estimate of drug-likeness (QED) is 0.784. The molecule has 0 aromatic carbocycles. The fourth-order valence-corrected chi connectivity index (χ4v) is 1.46. The van der Waals surface area contributed by atoms with Gasteiger partial charge in [0.2, 0.25) is 0 Å². The van der Waals surface area contributed by atoms with E-state index in [2.05, 4.69) is 9.97 Å². The lowest BCUT2D eigenvalue weighted by molar-refractivity contribution is -0.137. The van der Waals surface area contributed by atoms with Crippen molar-refractivity contribution in [3.05, 3.63) is 18.1 Å². The van der Waals surface area contributed by atoms with Gasteiger partial charge in [0.1, 0.15) is 0 Å². The first-order valence-electron chi connectivity index (χ1n) is 5.52. The highest BCUT2D eigenvalue weighted by molar-refractivity contribution is 5.96. The standard InChI is InChI=1S/C11H16N4O3/c1-7(2)15(6-3-8(16)17)11(18)9-10(12)14-5-4-13-9/h4-5,7H,3,6H2,1-2H3,(H2,12,14)(H,16,17). The van der Waals surface area contributed by atoms with E-state index in [1.54, 1.807) is 13.8 Å². The average molecular weight is 252 g/mol. The molecule has 0 saturated heterocycles. The minimum absolute atomic E-state index is 0.0449. The van der Waals surface area contributed by atoms with Crippen LogP contribution in [0.4, 0.5) is 5.82 Å². The number of hydrogen-bond acceptors (Lipinski definition) is 5. The number of carboxylic acids is 1. The molecule has 0 saturated carbocycles. The molecule has 0 aliphatic carbocycles. The summed E-state index contributed by atoms with van der Waals surface area (Å²) in [5.41, 5.74) is 5.63. The Balaban J connectivity index is 2.90. The Morgan fingerprint density at radius 3 is 2.50 bits per heavy atom. The second-order valence-corrected chi connectivity index (χ2v) is 4.03. The van der Waals surface area contributed by atoms with Gasteiger partial charge in [0.05, 0.1) is 6.42 Å². The molecule has 7 heteroatoms. The Hall–Kier alpha value is -2.18. The van der Waals surface area contributed by atoms with Gasteiger partial charge in [-0.1, -0.05) is 0 Å². The molecule has 0 bridgehead atoms. The molecular formula is C11H16N4O3. The van der Waals surface area contributed by atoms with E-state index < -0.39 is 11.9 Å². The van der Waals surface area contributed by atoms with Gasteiger partial charge in [-0.2, -0.15) is 0 Å². The predicted molar refractivity (Wildman–Crippen MR) is 64.9 cm³/mol. The second kappa shape index (κ2) is 5.95. The van der Waals surface area contributed by atoms with Gasteiger partial charge in [0, 0.05) is 25.0 Å². The van der Waals surface area contributed by atoms with E-state index in [9.17, 15) is 9.59 Å². The van der Waals surface area contributed by atoms with E-state index in [4.69, 9.17) is 10.8 Å². The molecule has 1 rings (SSSR count). The van der Waals surface area contributed by atoms with Crippen LogP contribution < -0.4 is 5.73 Å². The number of hydrogen-bond donors (Lipinski definition) is 2. The van der Waals surface area contributed by atoms with Crippen molar-refractivity contribution >= 4 is 17.7 Å². The van der Waals surface area contributed by atoms with Gasteiger partial charge in [0.25, 0.3) is 5.91 Å². The summed E-state index contributed by atoms with van der Waals surface area (Å²) in [7, 11) is 0. The number of carbonyl (C=O) groups excluding carboxylic acids is 1. The molecule has 1 aromatic heterocycles. The smallest absolute Gasteiger partial charge is 0.305 e. The van der Waals surface area contributed by atoms with E-state index in [0.717, 1.165) is 0 Å². The van der Waals surface area contributed by atoms with Crippen LogP contribution in [0.15, 0.2) is 12.4 Å². The van der Waals surface area contributed by atoms with Crippen LogP contribution in [0.3, 0.4) is 0 Å². The summed E-state index contributed by atoms with van der Waals surface area (Å²) >= 11 is 0. The van der Waals surface area contributed by atoms with Crippen LogP contribution in [-0.2, 0) is 4.79 Å². The minimum Gasteiger partial charge on any atom is -0.481 e. The summed E-state index contributed by atoms with van der Waals surface area (Å²) in [5, 5.41) is 8.66. The van der Waals surface area contributed by atoms with Crippen molar-refractivity contribution in [3.8, 4) is 0 Å². The third-order valence-corrected chi connectivity index (χ3v) is 2.38. The van der Waals surface area contributed by atoms with E-state index in [1.165, 1.54) is 17.3 Å². The second-order valence-electron chi connectivity index (χ2n) is 4.03. The summed E-state index contributed by atoms with van der Waals surface area (Å²) < 4.78 is 0. The van der Waals surface area contributed by atoms with Gasteiger partial charge in [-0.05, 0) is 13.8 Å². The summed E-state index contributed by atoms with van der Waals surface area (Å²) in [6, 6.07) is -0.141. The Kier molecular flexibility index (Phi) is 4.59. The Morgan fingerprint density at radius 1 is 1.39 bits per heavy atom. The molecule has 18 heavy (non-hydrogen) atoms. The number of amides is 1. The molecule has 1 aromatic rings. The minimum atomic E-state index is -0.958.